The first-order chi connectivity index (χ1) is 35.0. The van der Waals surface area contributed by atoms with Crippen LogP contribution < -0.4 is 0 Å². The monoisotopic (exact) mass is 989 g/mol. The smallest absolute Gasteiger partial charge is 0.306 e. The van der Waals surface area contributed by atoms with Crippen molar-refractivity contribution in [3.05, 3.63) is 85.1 Å². The molecule has 0 aromatic carbocycles. The Bertz CT molecular complexity index is 1370. The van der Waals surface area contributed by atoms with Crippen molar-refractivity contribution >= 4 is 17.9 Å². The molecule has 6 heteroatoms. The van der Waals surface area contributed by atoms with Crippen LogP contribution in [0.1, 0.15) is 290 Å². The van der Waals surface area contributed by atoms with E-state index in [-0.39, 0.29) is 31.6 Å². The van der Waals surface area contributed by atoms with Crippen LogP contribution in [-0.4, -0.2) is 37.2 Å². The maximum atomic E-state index is 12.7. The van der Waals surface area contributed by atoms with Crippen LogP contribution >= 0.6 is 0 Å². The number of hydrogen-bond donors (Lipinski definition) is 0. The Morgan fingerprint density at radius 3 is 0.915 bits per heavy atom. The molecule has 0 amide bonds. The first-order valence-electron chi connectivity index (χ1n) is 30.1. The van der Waals surface area contributed by atoms with Gasteiger partial charge < -0.3 is 14.2 Å². The number of rotatable bonds is 54. The van der Waals surface area contributed by atoms with E-state index >= 15 is 0 Å². The largest absolute Gasteiger partial charge is 0.462 e. The van der Waals surface area contributed by atoms with Gasteiger partial charge in [-0.2, -0.15) is 0 Å². The van der Waals surface area contributed by atoms with Gasteiger partial charge in [-0.1, -0.05) is 273 Å². The van der Waals surface area contributed by atoms with Crippen LogP contribution in [0.4, 0.5) is 0 Å². The molecule has 1 atom stereocenters. The Balaban J connectivity index is 4.08. The first-order valence-corrected chi connectivity index (χ1v) is 30.1. The fourth-order valence-corrected chi connectivity index (χ4v) is 8.41. The van der Waals surface area contributed by atoms with Gasteiger partial charge in [0.1, 0.15) is 13.2 Å². The highest BCUT2D eigenvalue weighted by Crippen LogP contribution is 2.16. The molecular formula is C65H112O6. The number of hydrogen-bond acceptors (Lipinski definition) is 6. The van der Waals surface area contributed by atoms with Crippen LogP contribution in [-0.2, 0) is 28.6 Å². The molecule has 0 aliphatic carbocycles. The van der Waals surface area contributed by atoms with E-state index in [0.29, 0.717) is 19.3 Å². The lowest BCUT2D eigenvalue weighted by atomic mass is 10.0. The first kappa shape index (κ1) is 67.6. The van der Waals surface area contributed by atoms with E-state index in [9.17, 15) is 14.4 Å². The number of carbonyl (C=O) groups is 3. The molecule has 408 valence electrons. The number of esters is 3. The second-order valence-corrected chi connectivity index (χ2v) is 19.9. The van der Waals surface area contributed by atoms with Gasteiger partial charge in [-0.15, -0.1) is 0 Å². The molecular weight excluding hydrogens is 877 g/mol. The van der Waals surface area contributed by atoms with Crippen LogP contribution in [0.15, 0.2) is 85.1 Å². The molecule has 0 saturated heterocycles. The van der Waals surface area contributed by atoms with Crippen molar-refractivity contribution in [3.63, 3.8) is 0 Å². The summed E-state index contributed by atoms with van der Waals surface area (Å²) in [5.74, 6) is -0.999. The van der Waals surface area contributed by atoms with Gasteiger partial charge in [0.2, 0.25) is 0 Å². The topological polar surface area (TPSA) is 78.9 Å². The normalized spacial score (nSPS) is 12.7. The highest BCUT2D eigenvalue weighted by Gasteiger charge is 2.19. The zero-order valence-electron chi connectivity index (χ0n) is 46.7. The lowest BCUT2D eigenvalue weighted by Crippen LogP contribution is -2.30. The van der Waals surface area contributed by atoms with Crippen LogP contribution in [0.3, 0.4) is 0 Å². The van der Waals surface area contributed by atoms with Crippen LogP contribution in [0.2, 0.25) is 0 Å². The van der Waals surface area contributed by atoms with Gasteiger partial charge in [-0.05, 0) is 83.5 Å². The molecule has 0 rings (SSSR count). The molecule has 71 heavy (non-hydrogen) atoms. The third-order valence-electron chi connectivity index (χ3n) is 12.9. The maximum Gasteiger partial charge on any atom is 0.306 e. The van der Waals surface area contributed by atoms with Crippen molar-refractivity contribution in [1.29, 1.82) is 0 Å². The summed E-state index contributed by atoms with van der Waals surface area (Å²) in [7, 11) is 0. The van der Waals surface area contributed by atoms with E-state index in [1.54, 1.807) is 0 Å². The third kappa shape index (κ3) is 57.4. The molecule has 0 aromatic rings. The molecule has 0 N–H and O–H groups in total. The van der Waals surface area contributed by atoms with Gasteiger partial charge in [0.05, 0.1) is 0 Å². The number of carbonyl (C=O) groups excluding carboxylic acids is 3. The van der Waals surface area contributed by atoms with Crippen molar-refractivity contribution in [2.24, 2.45) is 0 Å². The van der Waals surface area contributed by atoms with Crippen molar-refractivity contribution in [1.82, 2.24) is 0 Å². The zero-order chi connectivity index (χ0) is 51.4. The van der Waals surface area contributed by atoms with Gasteiger partial charge in [0.15, 0.2) is 6.10 Å². The molecule has 0 bridgehead atoms. The van der Waals surface area contributed by atoms with Gasteiger partial charge in [0.25, 0.3) is 0 Å². The fourth-order valence-electron chi connectivity index (χ4n) is 8.41. The van der Waals surface area contributed by atoms with Crippen molar-refractivity contribution < 1.29 is 28.6 Å². The molecule has 0 aliphatic heterocycles. The maximum absolute atomic E-state index is 12.7. The highest BCUT2D eigenvalue weighted by atomic mass is 16.6. The number of allylic oxidation sites excluding steroid dienone is 14. The zero-order valence-corrected chi connectivity index (χ0v) is 46.7. The Morgan fingerprint density at radius 1 is 0.296 bits per heavy atom. The minimum Gasteiger partial charge on any atom is -0.462 e. The summed E-state index contributed by atoms with van der Waals surface area (Å²) in [6.45, 7) is 6.39. The van der Waals surface area contributed by atoms with Gasteiger partial charge in [-0.3, -0.25) is 14.4 Å². The van der Waals surface area contributed by atoms with Gasteiger partial charge in [0, 0.05) is 19.3 Å². The Kier molecular flexibility index (Phi) is 56.3. The predicted molar refractivity (Wildman–Crippen MR) is 307 cm³/mol. The van der Waals surface area contributed by atoms with E-state index in [4.69, 9.17) is 14.2 Å². The fraction of sp³-hybridized carbons (Fsp3) is 0.738. The molecule has 6 nitrogen and oxygen atoms in total. The quantitative estimate of drug-likeness (QED) is 0.0261. The Hall–Kier alpha value is -3.41. The molecule has 0 saturated carbocycles. The predicted octanol–water partition coefficient (Wildman–Crippen LogP) is 20.3. The van der Waals surface area contributed by atoms with Gasteiger partial charge in [-0.25, -0.2) is 0 Å². The molecule has 0 fully saturated rings. The molecule has 0 aliphatic rings. The van der Waals surface area contributed by atoms with Crippen LogP contribution in [0.25, 0.3) is 0 Å². The molecule has 0 aromatic heterocycles. The number of ether oxygens (including phenoxy) is 3. The molecule has 0 spiro atoms. The summed E-state index contributed by atoms with van der Waals surface area (Å²) in [4.78, 5) is 37.8. The third-order valence-corrected chi connectivity index (χ3v) is 12.9. The van der Waals surface area contributed by atoms with Crippen LogP contribution in [0.5, 0.6) is 0 Å². The minimum absolute atomic E-state index is 0.105. The molecule has 1 unspecified atom stereocenters. The second kappa shape index (κ2) is 59.2. The average molecular weight is 990 g/mol. The van der Waals surface area contributed by atoms with E-state index in [2.05, 4.69) is 93.7 Å². The Labute approximate surface area is 439 Å². The summed E-state index contributed by atoms with van der Waals surface area (Å²) in [6.07, 6.45) is 78.0. The summed E-state index contributed by atoms with van der Waals surface area (Å²) < 4.78 is 16.6. The van der Waals surface area contributed by atoms with E-state index in [0.717, 1.165) is 89.9 Å². The summed E-state index contributed by atoms with van der Waals surface area (Å²) in [5.41, 5.74) is 0. The van der Waals surface area contributed by atoms with E-state index in [1.807, 2.05) is 12.2 Å². The molecule has 0 radical (unpaired) electrons. The Morgan fingerprint density at radius 2 is 0.577 bits per heavy atom. The van der Waals surface area contributed by atoms with Crippen molar-refractivity contribution in [2.75, 3.05) is 13.2 Å². The lowest BCUT2D eigenvalue weighted by molar-refractivity contribution is -0.166. The minimum atomic E-state index is -0.812. The SMILES string of the molecule is CC/C=C\C/C=C\C/C=C\C/C=C\C/C=C\C/C=C\CCC(=O)OC(COC(=O)CCCCCCC)COC(=O)CCCCCCCCCCCCCCCCCCC/C=C\CCCCCCCCCC. The van der Waals surface area contributed by atoms with Crippen molar-refractivity contribution in [2.45, 2.75) is 297 Å². The summed E-state index contributed by atoms with van der Waals surface area (Å²) in [6, 6.07) is 0. The average Bonchev–Trinajstić information content (AvgIpc) is 3.37. The van der Waals surface area contributed by atoms with Crippen LogP contribution in [0, 0.1) is 0 Å². The summed E-state index contributed by atoms with van der Waals surface area (Å²) >= 11 is 0. The second-order valence-electron chi connectivity index (χ2n) is 19.9. The van der Waals surface area contributed by atoms with Crippen molar-refractivity contribution in [3.8, 4) is 0 Å². The molecule has 0 heterocycles. The van der Waals surface area contributed by atoms with E-state index in [1.165, 1.54) is 154 Å². The standard InChI is InChI=1S/C65H112O6/c1-4-7-10-13-15-17-19-21-23-25-27-28-29-30-31-32-33-34-35-36-38-39-41-43-45-47-49-52-55-58-64(67)70-61-62(60-69-63(66)57-54-51-12-9-6-3)71-65(68)59-56-53-50-48-46-44-42-40-37-26-24-22-20-18-16-14-11-8-5-2/h8,11,16,18,22,24-25,27,37,40,44,46,50,53,62H,4-7,9-10,12-15,17,19-21,23,26,28-36,38-39,41-43,45,47-49,51-52,54-61H2,1-3H3/b11-8-,18-16-,24-22-,27-25-,40-37-,46-44-,53-50-. The number of unbranched alkanes of at least 4 members (excludes halogenated alkanes) is 29. The summed E-state index contributed by atoms with van der Waals surface area (Å²) in [5, 5.41) is 0. The lowest BCUT2D eigenvalue weighted by Gasteiger charge is -2.18. The van der Waals surface area contributed by atoms with E-state index < -0.39 is 12.1 Å². The van der Waals surface area contributed by atoms with Gasteiger partial charge >= 0.3 is 17.9 Å². The highest BCUT2D eigenvalue weighted by molar-refractivity contribution is 5.71.